The van der Waals surface area contributed by atoms with E-state index in [-0.39, 0.29) is 5.56 Å². The highest BCUT2D eigenvalue weighted by Gasteiger charge is 2.29. The Bertz CT molecular complexity index is 435. The van der Waals surface area contributed by atoms with E-state index in [9.17, 15) is 9.82 Å². The number of hydrogen-bond acceptors (Lipinski definition) is 4. The van der Waals surface area contributed by atoms with Gasteiger partial charge in [-0.25, -0.2) is 4.79 Å². The van der Waals surface area contributed by atoms with Crippen molar-refractivity contribution in [3.63, 3.8) is 0 Å². The van der Waals surface area contributed by atoms with Gasteiger partial charge in [-0.05, 0) is 30.6 Å². The predicted molar refractivity (Wildman–Crippen MR) is 62.3 cm³/mol. The molecule has 1 aromatic carbocycles. The average molecular weight is 238 g/mol. The van der Waals surface area contributed by atoms with Gasteiger partial charge in [0, 0.05) is 4.90 Å². The van der Waals surface area contributed by atoms with Crippen LogP contribution in [0.25, 0.3) is 0 Å². The molecular formula is C10H11BO4S. The Hall–Kier alpha value is -1.14. The molecule has 2 N–H and O–H groups in total. The van der Waals surface area contributed by atoms with Gasteiger partial charge in [-0.1, -0.05) is 6.07 Å². The molecule has 0 saturated carbocycles. The molecule has 0 amide bonds. The van der Waals surface area contributed by atoms with Crippen LogP contribution in [0.3, 0.4) is 0 Å². The maximum absolute atomic E-state index is 11.2. The molecule has 2 rings (SSSR count). The topological polar surface area (TPSA) is 66.8 Å². The van der Waals surface area contributed by atoms with Crippen molar-refractivity contribution in [3.8, 4) is 5.75 Å². The Morgan fingerprint density at radius 1 is 1.56 bits per heavy atom. The number of thioether (sulfide) groups is 1. The number of fused-ring (bicyclic) bond motifs is 1. The molecule has 0 unspecified atom stereocenters. The van der Waals surface area contributed by atoms with Gasteiger partial charge in [-0.2, -0.15) is 0 Å². The molecule has 1 aliphatic rings. The fraction of sp³-hybridized carbons (Fsp3) is 0.300. The zero-order chi connectivity index (χ0) is 11.7. The summed E-state index contributed by atoms with van der Waals surface area (Å²) >= 11 is 1.36. The second-order valence-electron chi connectivity index (χ2n) is 3.55. The average Bonchev–Trinajstić information content (AvgIpc) is 2.26. The predicted octanol–water partition coefficient (Wildman–Crippen LogP) is 1.52. The maximum Gasteiger partial charge on any atom is 0.522 e. The first-order chi connectivity index (χ1) is 7.63. The quantitative estimate of drug-likeness (QED) is 0.604. The Kier molecular flexibility index (Phi) is 3.11. The molecule has 1 aliphatic heterocycles. The fourth-order valence-corrected chi connectivity index (χ4v) is 2.37. The Balaban J connectivity index is 2.57. The van der Waals surface area contributed by atoms with Crippen molar-refractivity contribution in [1.82, 2.24) is 0 Å². The van der Waals surface area contributed by atoms with Crippen molar-refractivity contribution in [3.05, 3.63) is 23.3 Å². The molecule has 1 aromatic rings. The molecule has 0 radical (unpaired) electrons. The Morgan fingerprint density at radius 3 is 2.94 bits per heavy atom. The van der Waals surface area contributed by atoms with Gasteiger partial charge in [-0.3, -0.25) is 0 Å². The summed E-state index contributed by atoms with van der Waals surface area (Å²) in [6, 6.07) is 3.65. The highest BCUT2D eigenvalue weighted by atomic mass is 32.2. The maximum atomic E-state index is 11.2. The zero-order valence-corrected chi connectivity index (χ0v) is 9.58. The third-order valence-electron chi connectivity index (χ3n) is 2.55. The lowest BCUT2D eigenvalue weighted by Gasteiger charge is -2.22. The van der Waals surface area contributed by atoms with Crippen LogP contribution in [0.1, 0.15) is 15.9 Å². The molecule has 0 aliphatic carbocycles. The van der Waals surface area contributed by atoms with Crippen LogP contribution in [-0.2, 0) is 6.42 Å². The largest absolute Gasteiger partial charge is 0.535 e. The van der Waals surface area contributed by atoms with Gasteiger partial charge in [0.05, 0.1) is 0 Å². The van der Waals surface area contributed by atoms with Gasteiger partial charge in [0.2, 0.25) is 0 Å². The molecule has 0 aromatic heterocycles. The Morgan fingerprint density at radius 2 is 2.31 bits per heavy atom. The van der Waals surface area contributed by atoms with Crippen molar-refractivity contribution < 1.29 is 19.6 Å². The van der Waals surface area contributed by atoms with E-state index in [0.29, 0.717) is 23.4 Å². The summed E-state index contributed by atoms with van der Waals surface area (Å²) in [6.07, 6.45) is 2.96. The first-order valence-corrected chi connectivity index (χ1v) is 6.14. The van der Waals surface area contributed by atoms with E-state index in [1.54, 1.807) is 6.07 Å². The van der Waals surface area contributed by atoms with Crippen LogP contribution in [0, 0.1) is 0 Å². The molecular weight excluding hydrogens is 227 g/mol. The second-order valence-corrected chi connectivity index (χ2v) is 4.40. The monoisotopic (exact) mass is 238 g/mol. The van der Waals surface area contributed by atoms with E-state index in [4.69, 9.17) is 9.76 Å². The minimum absolute atomic E-state index is 0.156. The molecule has 6 heteroatoms. The van der Waals surface area contributed by atoms with Gasteiger partial charge in [-0.15, -0.1) is 11.8 Å². The van der Waals surface area contributed by atoms with Gasteiger partial charge in [0.1, 0.15) is 11.3 Å². The van der Waals surface area contributed by atoms with Crippen molar-refractivity contribution >= 4 is 24.8 Å². The van der Waals surface area contributed by atoms with Gasteiger partial charge in [0.25, 0.3) is 0 Å². The molecule has 0 spiro atoms. The standard InChI is InChI=1S/C10H11BO4S/c1-16-7-3-2-6-4-5-11(14)15-9(6)8(7)10(12)13/h2-3,14H,4-5H2,1H3,(H,12,13). The third-order valence-corrected chi connectivity index (χ3v) is 3.33. The molecule has 4 nitrogen and oxygen atoms in total. The normalized spacial score (nSPS) is 14.2. The van der Waals surface area contributed by atoms with Crippen LogP contribution in [0.15, 0.2) is 17.0 Å². The highest BCUT2D eigenvalue weighted by Crippen LogP contribution is 2.35. The summed E-state index contributed by atoms with van der Waals surface area (Å²) in [7, 11) is -0.900. The van der Waals surface area contributed by atoms with Crippen molar-refractivity contribution in [2.75, 3.05) is 6.26 Å². The van der Waals surface area contributed by atoms with Crippen LogP contribution in [-0.4, -0.2) is 29.5 Å². The van der Waals surface area contributed by atoms with Crippen molar-refractivity contribution in [2.24, 2.45) is 0 Å². The SMILES string of the molecule is CSc1ccc2c(c1C(=O)O)OB(O)CC2. The lowest BCUT2D eigenvalue weighted by Crippen LogP contribution is -2.28. The number of hydrogen-bond donors (Lipinski definition) is 2. The Labute approximate surface area is 97.8 Å². The number of carbonyl (C=O) groups is 1. The first-order valence-electron chi connectivity index (χ1n) is 4.91. The van der Waals surface area contributed by atoms with Gasteiger partial charge >= 0.3 is 13.1 Å². The number of aryl methyl sites for hydroxylation is 1. The molecule has 0 saturated heterocycles. The van der Waals surface area contributed by atoms with Crippen molar-refractivity contribution in [2.45, 2.75) is 17.6 Å². The number of aromatic carboxylic acids is 1. The summed E-state index contributed by atoms with van der Waals surface area (Å²) in [5.74, 6) is -0.701. The van der Waals surface area contributed by atoms with E-state index in [1.807, 2.05) is 12.3 Å². The summed E-state index contributed by atoms with van der Waals surface area (Å²) in [5, 5.41) is 18.6. The lowest BCUT2D eigenvalue weighted by atomic mass is 9.78. The van der Waals surface area contributed by atoms with E-state index in [1.165, 1.54) is 11.8 Å². The lowest BCUT2D eigenvalue weighted by molar-refractivity contribution is 0.0690. The van der Waals surface area contributed by atoms with Crippen LogP contribution >= 0.6 is 11.8 Å². The molecule has 0 bridgehead atoms. The fourth-order valence-electron chi connectivity index (χ4n) is 1.79. The minimum atomic E-state index is -1.02. The first kappa shape index (κ1) is 11.4. The highest BCUT2D eigenvalue weighted by molar-refractivity contribution is 7.98. The van der Waals surface area contributed by atoms with Crippen LogP contribution in [0.2, 0.25) is 6.32 Å². The smallest absolute Gasteiger partial charge is 0.522 e. The number of benzene rings is 1. The third kappa shape index (κ3) is 1.90. The van der Waals surface area contributed by atoms with Crippen LogP contribution in [0.5, 0.6) is 5.75 Å². The summed E-state index contributed by atoms with van der Waals surface area (Å²) in [6.45, 7) is 0. The minimum Gasteiger partial charge on any atom is -0.535 e. The zero-order valence-electron chi connectivity index (χ0n) is 8.77. The van der Waals surface area contributed by atoms with E-state index < -0.39 is 13.1 Å². The number of carboxylic acid groups (broad SMARTS) is 1. The van der Waals surface area contributed by atoms with E-state index in [0.717, 1.165) is 5.56 Å². The molecule has 1 heterocycles. The van der Waals surface area contributed by atoms with Crippen LogP contribution in [0.4, 0.5) is 0 Å². The summed E-state index contributed by atoms with van der Waals surface area (Å²) in [4.78, 5) is 11.8. The van der Waals surface area contributed by atoms with Crippen molar-refractivity contribution in [1.29, 1.82) is 0 Å². The van der Waals surface area contributed by atoms with Gasteiger partial charge in [0.15, 0.2) is 0 Å². The molecule has 16 heavy (non-hydrogen) atoms. The van der Waals surface area contributed by atoms with E-state index in [2.05, 4.69) is 0 Å². The van der Waals surface area contributed by atoms with Gasteiger partial charge < -0.3 is 14.8 Å². The molecule has 0 fully saturated rings. The number of rotatable bonds is 2. The number of carboxylic acids is 1. The van der Waals surface area contributed by atoms with E-state index >= 15 is 0 Å². The molecule has 84 valence electrons. The molecule has 0 atom stereocenters. The van der Waals surface area contributed by atoms with Crippen LogP contribution < -0.4 is 4.65 Å². The second kappa shape index (κ2) is 4.39. The summed E-state index contributed by atoms with van der Waals surface area (Å²) in [5.41, 5.74) is 1.00. The summed E-state index contributed by atoms with van der Waals surface area (Å²) < 4.78 is 5.23.